The monoisotopic (exact) mass is 325 g/mol. The second-order valence-corrected chi connectivity index (χ2v) is 6.61. The summed E-state index contributed by atoms with van der Waals surface area (Å²) in [5, 5.41) is 1.08. The fourth-order valence-corrected chi connectivity index (χ4v) is 3.51. The molecule has 0 atom stereocenters. The molecule has 2 aromatic rings. The number of aromatic nitrogens is 1. The van der Waals surface area contributed by atoms with Gasteiger partial charge >= 0.3 is 0 Å². The topological polar surface area (TPSA) is 36.4 Å². The van der Waals surface area contributed by atoms with Crippen molar-refractivity contribution in [2.24, 2.45) is 5.92 Å². The van der Waals surface area contributed by atoms with Crippen LogP contribution in [-0.4, -0.2) is 53.4 Å². The van der Waals surface area contributed by atoms with Crippen LogP contribution in [0, 0.1) is 5.92 Å². The molecule has 3 rings (SSSR count). The van der Waals surface area contributed by atoms with E-state index in [0.29, 0.717) is 11.6 Å². The first kappa shape index (κ1) is 16.9. The predicted octanol–water partition coefficient (Wildman–Crippen LogP) is 3.43. The first-order chi connectivity index (χ1) is 11.7. The second kappa shape index (κ2) is 7.75. The normalized spacial score (nSPS) is 16.0. The highest BCUT2D eigenvalue weighted by Crippen LogP contribution is 2.20. The SMILES string of the molecule is CCN(CC)CC1CCN(C(=O)c2ccc3ccccc3n2)CC1. The summed E-state index contributed by atoms with van der Waals surface area (Å²) in [4.78, 5) is 21.7. The molecular formula is C20H27N3O. The number of carbonyl (C=O) groups excluding carboxylic acids is 1. The number of para-hydroxylation sites is 1. The molecular weight excluding hydrogens is 298 g/mol. The molecule has 0 unspecified atom stereocenters. The van der Waals surface area contributed by atoms with E-state index in [4.69, 9.17) is 0 Å². The molecule has 1 saturated heterocycles. The van der Waals surface area contributed by atoms with Crippen molar-refractivity contribution in [1.29, 1.82) is 0 Å². The van der Waals surface area contributed by atoms with Gasteiger partial charge < -0.3 is 9.80 Å². The van der Waals surface area contributed by atoms with Gasteiger partial charge in [0.05, 0.1) is 5.52 Å². The minimum Gasteiger partial charge on any atom is -0.337 e. The summed E-state index contributed by atoms with van der Waals surface area (Å²) >= 11 is 0. The van der Waals surface area contributed by atoms with E-state index in [1.54, 1.807) is 0 Å². The van der Waals surface area contributed by atoms with Crippen molar-refractivity contribution in [2.45, 2.75) is 26.7 Å². The molecule has 1 aromatic carbocycles. The van der Waals surface area contributed by atoms with Crippen LogP contribution in [0.1, 0.15) is 37.2 Å². The zero-order valence-corrected chi connectivity index (χ0v) is 14.7. The van der Waals surface area contributed by atoms with Crippen LogP contribution in [0.15, 0.2) is 36.4 Å². The van der Waals surface area contributed by atoms with Crippen LogP contribution in [0.5, 0.6) is 0 Å². The maximum Gasteiger partial charge on any atom is 0.272 e. The van der Waals surface area contributed by atoms with Gasteiger partial charge in [0.2, 0.25) is 0 Å². The summed E-state index contributed by atoms with van der Waals surface area (Å²) in [5.74, 6) is 0.778. The molecule has 1 fully saturated rings. The number of piperidine rings is 1. The van der Waals surface area contributed by atoms with Crippen molar-refractivity contribution in [3.8, 4) is 0 Å². The Morgan fingerprint density at radius 3 is 2.54 bits per heavy atom. The summed E-state index contributed by atoms with van der Waals surface area (Å²) in [7, 11) is 0. The van der Waals surface area contributed by atoms with Gasteiger partial charge in [-0.2, -0.15) is 0 Å². The number of likely N-dealkylation sites (tertiary alicyclic amines) is 1. The van der Waals surface area contributed by atoms with Crippen molar-refractivity contribution in [2.75, 3.05) is 32.7 Å². The molecule has 1 aliphatic rings. The zero-order valence-electron chi connectivity index (χ0n) is 14.7. The van der Waals surface area contributed by atoms with Gasteiger partial charge in [-0.3, -0.25) is 4.79 Å². The molecule has 4 nitrogen and oxygen atoms in total. The Morgan fingerprint density at radius 2 is 1.83 bits per heavy atom. The Balaban J connectivity index is 1.62. The van der Waals surface area contributed by atoms with Gasteiger partial charge in [-0.15, -0.1) is 0 Å². The Kier molecular flexibility index (Phi) is 5.46. The van der Waals surface area contributed by atoms with Crippen LogP contribution >= 0.6 is 0 Å². The molecule has 0 bridgehead atoms. The van der Waals surface area contributed by atoms with Crippen LogP contribution in [-0.2, 0) is 0 Å². The molecule has 0 N–H and O–H groups in total. The van der Waals surface area contributed by atoms with Gasteiger partial charge in [-0.1, -0.05) is 38.1 Å². The number of amides is 1. The summed E-state index contributed by atoms with van der Waals surface area (Å²) in [6.07, 6.45) is 2.19. The van der Waals surface area contributed by atoms with Crippen molar-refractivity contribution in [3.05, 3.63) is 42.1 Å². The highest BCUT2D eigenvalue weighted by atomic mass is 16.2. The lowest BCUT2D eigenvalue weighted by Gasteiger charge is -2.34. The number of benzene rings is 1. The average molecular weight is 325 g/mol. The second-order valence-electron chi connectivity index (χ2n) is 6.61. The number of rotatable bonds is 5. The van der Waals surface area contributed by atoms with E-state index in [9.17, 15) is 4.79 Å². The van der Waals surface area contributed by atoms with Gasteiger partial charge in [0.1, 0.15) is 5.69 Å². The Hall–Kier alpha value is -1.94. The number of carbonyl (C=O) groups is 1. The maximum absolute atomic E-state index is 12.7. The molecule has 1 aliphatic heterocycles. The molecule has 1 amide bonds. The smallest absolute Gasteiger partial charge is 0.272 e. The lowest BCUT2D eigenvalue weighted by Crippen LogP contribution is -2.41. The van der Waals surface area contributed by atoms with E-state index in [2.05, 4.69) is 23.7 Å². The molecule has 1 aromatic heterocycles. The third-order valence-corrected chi connectivity index (χ3v) is 5.13. The van der Waals surface area contributed by atoms with Crippen molar-refractivity contribution >= 4 is 16.8 Å². The fraction of sp³-hybridized carbons (Fsp3) is 0.500. The number of hydrogen-bond donors (Lipinski definition) is 0. The molecule has 0 radical (unpaired) electrons. The third kappa shape index (κ3) is 3.75. The summed E-state index contributed by atoms with van der Waals surface area (Å²) < 4.78 is 0. The Morgan fingerprint density at radius 1 is 1.12 bits per heavy atom. The highest BCUT2D eigenvalue weighted by molar-refractivity contribution is 5.94. The van der Waals surface area contributed by atoms with Crippen LogP contribution < -0.4 is 0 Å². The Labute approximate surface area is 144 Å². The van der Waals surface area contributed by atoms with Crippen molar-refractivity contribution in [3.63, 3.8) is 0 Å². The summed E-state index contributed by atoms with van der Waals surface area (Å²) in [5.41, 5.74) is 1.45. The highest BCUT2D eigenvalue weighted by Gasteiger charge is 2.25. The lowest BCUT2D eigenvalue weighted by molar-refractivity contribution is 0.0664. The molecule has 0 spiro atoms. The lowest BCUT2D eigenvalue weighted by atomic mass is 9.96. The van der Waals surface area contributed by atoms with E-state index < -0.39 is 0 Å². The minimum absolute atomic E-state index is 0.0713. The maximum atomic E-state index is 12.7. The average Bonchev–Trinajstić information content (AvgIpc) is 2.65. The summed E-state index contributed by atoms with van der Waals surface area (Å²) in [6.45, 7) is 9.50. The van der Waals surface area contributed by atoms with Gasteiger partial charge in [0.15, 0.2) is 0 Å². The van der Waals surface area contributed by atoms with Gasteiger partial charge in [0, 0.05) is 25.0 Å². The number of pyridine rings is 1. The van der Waals surface area contributed by atoms with Crippen molar-refractivity contribution < 1.29 is 4.79 Å². The van der Waals surface area contributed by atoms with Gasteiger partial charge in [0.25, 0.3) is 5.91 Å². The number of nitrogens with zero attached hydrogens (tertiary/aromatic N) is 3. The fourth-order valence-electron chi connectivity index (χ4n) is 3.51. The van der Waals surface area contributed by atoms with Crippen molar-refractivity contribution in [1.82, 2.24) is 14.8 Å². The molecule has 128 valence electrons. The predicted molar refractivity (Wildman–Crippen MR) is 98.2 cm³/mol. The van der Waals surface area contributed by atoms with Crippen LogP contribution in [0.4, 0.5) is 0 Å². The van der Waals surface area contributed by atoms with Crippen LogP contribution in [0.2, 0.25) is 0 Å². The molecule has 0 saturated carbocycles. The van der Waals surface area contributed by atoms with E-state index >= 15 is 0 Å². The largest absolute Gasteiger partial charge is 0.337 e. The number of fused-ring (bicyclic) bond motifs is 1. The minimum atomic E-state index is 0.0713. The summed E-state index contributed by atoms with van der Waals surface area (Å²) in [6, 6.07) is 11.8. The van der Waals surface area contributed by atoms with E-state index in [1.165, 1.54) is 0 Å². The van der Waals surface area contributed by atoms with E-state index in [-0.39, 0.29) is 5.91 Å². The molecule has 4 heteroatoms. The Bertz CT molecular complexity index is 688. The molecule has 0 aliphatic carbocycles. The van der Waals surface area contributed by atoms with Crippen LogP contribution in [0.3, 0.4) is 0 Å². The van der Waals surface area contributed by atoms with Gasteiger partial charge in [-0.05, 0) is 44.0 Å². The van der Waals surface area contributed by atoms with Gasteiger partial charge in [-0.25, -0.2) is 4.98 Å². The zero-order chi connectivity index (χ0) is 16.9. The standard InChI is InChI=1S/C20H27N3O/c1-3-22(4-2)15-16-11-13-23(14-12-16)20(24)19-10-9-17-7-5-6-8-18(17)21-19/h5-10,16H,3-4,11-15H2,1-2H3. The van der Waals surface area contributed by atoms with Crippen LogP contribution in [0.25, 0.3) is 10.9 Å². The molecule has 24 heavy (non-hydrogen) atoms. The molecule has 2 heterocycles. The first-order valence-electron chi connectivity index (χ1n) is 9.08. The third-order valence-electron chi connectivity index (χ3n) is 5.13. The van der Waals surface area contributed by atoms with E-state index in [1.807, 2.05) is 41.3 Å². The first-order valence-corrected chi connectivity index (χ1v) is 9.08. The number of hydrogen-bond acceptors (Lipinski definition) is 3. The quantitative estimate of drug-likeness (QED) is 0.845. The van der Waals surface area contributed by atoms with E-state index in [0.717, 1.165) is 56.5 Å².